The van der Waals surface area contributed by atoms with E-state index in [0.717, 1.165) is 12.0 Å². The summed E-state index contributed by atoms with van der Waals surface area (Å²) in [5, 5.41) is 71.2. The van der Waals surface area contributed by atoms with Crippen molar-refractivity contribution in [3.8, 4) is 0 Å². The van der Waals surface area contributed by atoms with Gasteiger partial charge in [-0.1, -0.05) is 46.3 Å². The van der Waals surface area contributed by atoms with Gasteiger partial charge in [-0.2, -0.15) is 0 Å². The summed E-state index contributed by atoms with van der Waals surface area (Å²) < 4.78 is 30.2. The molecule has 0 aromatic rings. The Morgan fingerprint density at radius 3 is 2.19 bits per heavy atom. The number of allylic oxidation sites excluding steroid dienone is 4. The molecule has 6 N–H and O–H groups in total. The van der Waals surface area contributed by atoms with Gasteiger partial charge >= 0.3 is 17.9 Å². The zero-order chi connectivity index (χ0) is 57.5. The SMILES string of the molecule is CC[C@H]1OC(=O)[C@H](C)[C@@H](O)[C@H](C)[C@@H](O[C@@H]2O[C@H](C)C[C@@H](N(C)CCOC(=O)CCC(=O)OCC(=O)[C@@]3(O)CCC4[C@@H]5CCC6=CC(=O)C=C[C@]6(C)C5[C@@H](O)C[C@@]43C)[C@@H]2N(C)C)[C@](C)(O)C[C@@H](C)CN(C)[C@H](C)[C@@H](O)[C@]1(C)O. The lowest BCUT2D eigenvalue weighted by Gasteiger charge is -2.59. The van der Waals surface area contributed by atoms with Gasteiger partial charge in [0.05, 0.1) is 54.8 Å². The fourth-order valence-electron chi connectivity index (χ4n) is 15.1. The summed E-state index contributed by atoms with van der Waals surface area (Å²) in [4.78, 5) is 71.6. The number of hydrogen-bond acceptors (Lipinski definition) is 19. The summed E-state index contributed by atoms with van der Waals surface area (Å²) in [6, 6.07) is -1.24. The van der Waals surface area contributed by atoms with Gasteiger partial charge in [0.1, 0.15) is 30.0 Å². The fourth-order valence-corrected chi connectivity index (χ4v) is 15.1. The van der Waals surface area contributed by atoms with Crippen LogP contribution in [0.1, 0.15) is 133 Å². The number of aliphatic hydroxyl groups is 6. The Kier molecular flexibility index (Phi) is 20.0. The van der Waals surface area contributed by atoms with Crippen molar-refractivity contribution in [1.82, 2.24) is 14.7 Å². The maximum Gasteiger partial charge on any atom is 0.311 e. The van der Waals surface area contributed by atoms with E-state index in [1.54, 1.807) is 39.8 Å². The highest BCUT2D eigenvalue weighted by Crippen LogP contribution is 2.67. The number of likely N-dealkylation sites (N-methyl/N-ethyl adjacent to an activating group) is 3. The van der Waals surface area contributed by atoms with Crippen molar-refractivity contribution in [3.05, 3.63) is 23.8 Å². The van der Waals surface area contributed by atoms with E-state index in [0.29, 0.717) is 32.4 Å². The summed E-state index contributed by atoms with van der Waals surface area (Å²) in [6.45, 7) is 17.7. The highest BCUT2D eigenvalue weighted by molar-refractivity contribution is 6.01. The number of rotatable bonds is 14. The average Bonchev–Trinajstić information content (AvgIpc) is 3.63. The standard InChI is InChI=1S/C58H95N3O16/c1-15-44-57(10,71)50(68)36(6)61(14)30-32(2)28-56(9,70)51(34(4)49(67)35(5)52(69)76-44)77-53-48(59(11)12)41(26-33(3)75-53)60(13)24-25-73-45(65)18-19-46(66)74-31-43(64)58(72)23-21-40-39-17-16-37-27-38(62)20-22-54(37,7)47(39)42(63)29-55(40,58)8/h20,22,27,32-36,39-42,44,47-51,53,63,67-68,70-72H,15-19,21,23-26,28-31H2,1-14H3/t32-,33-,34+,35-,36-,39+,40?,41-,42+,44-,47?,48+,49+,50-,51-,53+,54+,55+,56-,57-,58+/m1/s1. The van der Waals surface area contributed by atoms with E-state index in [9.17, 15) is 54.6 Å². The molecule has 0 amide bonds. The van der Waals surface area contributed by atoms with Crippen molar-refractivity contribution in [2.75, 3.05) is 54.5 Å². The molecular weight excluding hydrogens is 995 g/mol. The number of cyclic esters (lactones) is 1. The third-order valence-corrected chi connectivity index (χ3v) is 19.7. The number of aliphatic hydroxyl groups excluding tert-OH is 3. The number of Topliss-reactive ketones (excluding diaryl/α,β-unsaturated/α-hetero) is 1. The molecule has 19 heteroatoms. The zero-order valence-electron chi connectivity index (χ0n) is 48.5. The summed E-state index contributed by atoms with van der Waals surface area (Å²) in [6.07, 6.45) is 0.915. The van der Waals surface area contributed by atoms with Gasteiger partial charge in [-0.25, -0.2) is 0 Å². The highest BCUT2D eigenvalue weighted by atomic mass is 16.7. The molecule has 19 nitrogen and oxygen atoms in total. The lowest BCUT2D eigenvalue weighted by atomic mass is 9.46. The second-order valence-electron chi connectivity index (χ2n) is 25.5. The van der Waals surface area contributed by atoms with Crippen LogP contribution in [0.25, 0.3) is 0 Å². The minimum atomic E-state index is -1.82. The van der Waals surface area contributed by atoms with Crippen molar-refractivity contribution in [3.63, 3.8) is 0 Å². The lowest BCUT2D eigenvalue weighted by Crippen LogP contribution is -2.63. The maximum atomic E-state index is 13.8. The largest absolute Gasteiger partial charge is 0.464 e. The van der Waals surface area contributed by atoms with Crippen LogP contribution in [0, 0.1) is 46.3 Å². The van der Waals surface area contributed by atoms with Crippen molar-refractivity contribution >= 4 is 29.5 Å². The summed E-state index contributed by atoms with van der Waals surface area (Å²) in [5.74, 6) is -5.24. The van der Waals surface area contributed by atoms with Gasteiger partial charge in [0.2, 0.25) is 5.78 Å². The number of carbonyl (C=O) groups excluding carboxylic acids is 5. The molecule has 6 aliphatic rings. The Morgan fingerprint density at radius 2 is 1.56 bits per heavy atom. The third-order valence-electron chi connectivity index (χ3n) is 19.7. The molecule has 0 radical (unpaired) electrons. The van der Waals surface area contributed by atoms with Gasteiger partial charge in [-0.15, -0.1) is 0 Å². The molecule has 77 heavy (non-hydrogen) atoms. The summed E-state index contributed by atoms with van der Waals surface area (Å²) in [7, 11) is 7.48. The van der Waals surface area contributed by atoms with Crippen LogP contribution in [0.15, 0.2) is 23.8 Å². The number of carbonyl (C=O) groups is 5. The Morgan fingerprint density at radius 1 is 0.909 bits per heavy atom. The van der Waals surface area contributed by atoms with E-state index in [2.05, 4.69) is 6.92 Å². The number of esters is 3. The van der Waals surface area contributed by atoms with Crippen LogP contribution in [-0.2, 0) is 47.7 Å². The second kappa shape index (κ2) is 24.5. The minimum Gasteiger partial charge on any atom is -0.464 e. The van der Waals surface area contributed by atoms with E-state index in [1.807, 2.05) is 69.7 Å². The first-order valence-electron chi connectivity index (χ1n) is 28.3. The van der Waals surface area contributed by atoms with Crippen LogP contribution in [0.3, 0.4) is 0 Å². The highest BCUT2D eigenvalue weighted by Gasteiger charge is 2.68. The van der Waals surface area contributed by atoms with Gasteiger partial charge in [-0.3, -0.25) is 28.9 Å². The van der Waals surface area contributed by atoms with E-state index in [4.69, 9.17) is 23.7 Å². The lowest BCUT2D eigenvalue weighted by molar-refractivity contribution is -0.287. The maximum absolute atomic E-state index is 13.8. The van der Waals surface area contributed by atoms with Crippen LogP contribution < -0.4 is 0 Å². The molecule has 2 heterocycles. The normalized spacial score (nSPS) is 44.3. The fraction of sp³-hybridized carbons (Fsp3) is 0.845. The quantitative estimate of drug-likeness (QED) is 0.108. The third kappa shape index (κ3) is 12.8. The minimum absolute atomic E-state index is 0.0171. The van der Waals surface area contributed by atoms with Gasteiger partial charge < -0.3 is 64.1 Å². The van der Waals surface area contributed by atoms with Crippen molar-refractivity contribution in [2.24, 2.45) is 46.3 Å². The molecule has 4 aliphatic carbocycles. The van der Waals surface area contributed by atoms with Gasteiger partial charge in [0, 0.05) is 47.8 Å². The molecule has 2 unspecified atom stereocenters. The van der Waals surface area contributed by atoms with Crippen LogP contribution >= 0.6 is 0 Å². The molecule has 0 bridgehead atoms. The Hall–Kier alpha value is -3.21. The molecule has 2 aliphatic heterocycles. The number of fused-ring (bicyclic) bond motifs is 5. The molecule has 2 saturated heterocycles. The molecular formula is C58H95N3O16. The van der Waals surface area contributed by atoms with Crippen LogP contribution in [0.4, 0.5) is 0 Å². The number of ketones is 2. The first kappa shape index (κ1) is 63.0. The number of ether oxygens (including phenoxy) is 5. The first-order chi connectivity index (χ1) is 35.7. The first-order valence-corrected chi connectivity index (χ1v) is 28.3. The van der Waals surface area contributed by atoms with E-state index >= 15 is 0 Å². The van der Waals surface area contributed by atoms with E-state index < -0.39 is 119 Å². The predicted octanol–water partition coefficient (Wildman–Crippen LogP) is 3.36. The number of hydrogen-bond donors (Lipinski definition) is 6. The monoisotopic (exact) mass is 1090 g/mol. The van der Waals surface area contributed by atoms with Crippen LogP contribution in [0.2, 0.25) is 0 Å². The van der Waals surface area contributed by atoms with Gasteiger partial charge in [0.15, 0.2) is 18.7 Å². The Bertz CT molecular complexity index is 2190. The molecule has 6 rings (SSSR count). The topological polar surface area (TPSA) is 263 Å². The molecule has 21 atom stereocenters. The van der Waals surface area contributed by atoms with Gasteiger partial charge in [-0.05, 0) is 144 Å². The predicted molar refractivity (Wildman–Crippen MR) is 284 cm³/mol. The Labute approximate surface area is 457 Å². The van der Waals surface area contributed by atoms with E-state index in [1.165, 1.54) is 13.8 Å². The van der Waals surface area contributed by atoms with Crippen LogP contribution in [0.5, 0.6) is 0 Å². The molecule has 0 aromatic heterocycles. The van der Waals surface area contributed by atoms with Crippen molar-refractivity contribution < 1.29 is 78.3 Å². The second-order valence-corrected chi connectivity index (χ2v) is 25.5. The van der Waals surface area contributed by atoms with E-state index in [-0.39, 0.29) is 86.7 Å². The molecule has 5 fully saturated rings. The zero-order valence-corrected chi connectivity index (χ0v) is 48.5. The van der Waals surface area contributed by atoms with Crippen molar-refractivity contribution in [1.29, 1.82) is 0 Å². The average molecular weight is 1090 g/mol. The molecule has 0 aromatic carbocycles. The molecule has 3 saturated carbocycles. The van der Waals surface area contributed by atoms with Gasteiger partial charge in [0.25, 0.3) is 0 Å². The molecule has 0 spiro atoms. The molecule has 438 valence electrons. The summed E-state index contributed by atoms with van der Waals surface area (Å²) >= 11 is 0. The number of nitrogens with zero attached hydrogens (tertiary/aromatic N) is 3. The summed E-state index contributed by atoms with van der Waals surface area (Å²) in [5.41, 5.74) is -5.65. The van der Waals surface area contributed by atoms with Crippen molar-refractivity contribution in [2.45, 2.75) is 211 Å². The Balaban J connectivity index is 1.04. The van der Waals surface area contributed by atoms with Crippen LogP contribution in [-0.4, -0.2) is 207 Å². The smallest absolute Gasteiger partial charge is 0.311 e.